The molecule has 0 aliphatic carbocycles. The van der Waals surface area contributed by atoms with Crippen molar-refractivity contribution in [1.82, 2.24) is 5.32 Å². The van der Waals surface area contributed by atoms with Gasteiger partial charge in [-0.05, 0) is 60.7 Å². The van der Waals surface area contributed by atoms with Crippen LogP contribution >= 0.6 is 11.6 Å². The van der Waals surface area contributed by atoms with Crippen LogP contribution in [0, 0.1) is 0 Å². The van der Waals surface area contributed by atoms with Gasteiger partial charge in [0, 0.05) is 22.0 Å². The monoisotopic (exact) mass is 369 g/mol. The molecule has 6 nitrogen and oxygen atoms in total. The zero-order valence-electron chi connectivity index (χ0n) is 13.7. The third kappa shape index (κ3) is 4.87. The summed E-state index contributed by atoms with van der Waals surface area (Å²) in [4.78, 5) is 24.0. The van der Waals surface area contributed by atoms with Gasteiger partial charge < -0.3 is 20.4 Å². The average molecular weight is 370 g/mol. The van der Waals surface area contributed by atoms with E-state index < -0.39 is 0 Å². The van der Waals surface area contributed by atoms with Crippen LogP contribution < -0.4 is 16.0 Å². The molecule has 1 aromatic heterocycles. The van der Waals surface area contributed by atoms with Crippen LogP contribution in [-0.4, -0.2) is 11.9 Å². The molecule has 3 aromatic rings. The third-order valence-corrected chi connectivity index (χ3v) is 3.76. The highest BCUT2D eigenvalue weighted by Crippen LogP contribution is 2.16. The molecule has 7 heteroatoms. The molecule has 2 aromatic carbocycles. The average Bonchev–Trinajstić information content (AvgIpc) is 3.16. The second kappa shape index (κ2) is 8.22. The second-order valence-electron chi connectivity index (χ2n) is 5.43. The number of amides is 3. The summed E-state index contributed by atoms with van der Waals surface area (Å²) in [6.45, 7) is 0.300. The van der Waals surface area contributed by atoms with Gasteiger partial charge in [0.25, 0.3) is 5.91 Å². The number of carbonyl (C=O) groups is 2. The number of hydrogen-bond acceptors (Lipinski definition) is 3. The Bertz CT molecular complexity index is 875. The summed E-state index contributed by atoms with van der Waals surface area (Å²) < 4.78 is 5.14. The maximum absolute atomic E-state index is 12.1. The van der Waals surface area contributed by atoms with E-state index in [1.807, 2.05) is 0 Å². The minimum absolute atomic E-state index is 0.237. The van der Waals surface area contributed by atoms with Crippen molar-refractivity contribution in [1.29, 1.82) is 0 Å². The van der Waals surface area contributed by atoms with Gasteiger partial charge in [0.2, 0.25) is 0 Å². The quantitative estimate of drug-likeness (QED) is 0.618. The van der Waals surface area contributed by atoms with E-state index in [1.165, 1.54) is 0 Å². The summed E-state index contributed by atoms with van der Waals surface area (Å²) in [5, 5.41) is 8.74. The fraction of sp³-hybridized carbons (Fsp3) is 0.0526. The van der Waals surface area contributed by atoms with E-state index in [4.69, 9.17) is 16.0 Å². The molecule has 0 radical (unpaired) electrons. The van der Waals surface area contributed by atoms with Crippen molar-refractivity contribution in [3.05, 3.63) is 83.3 Å². The Morgan fingerprint density at radius 2 is 1.54 bits per heavy atom. The van der Waals surface area contributed by atoms with Gasteiger partial charge >= 0.3 is 6.03 Å². The highest BCUT2D eigenvalue weighted by atomic mass is 35.5. The molecule has 3 rings (SSSR count). The maximum Gasteiger partial charge on any atom is 0.319 e. The smallest absolute Gasteiger partial charge is 0.319 e. The zero-order valence-corrected chi connectivity index (χ0v) is 14.4. The summed E-state index contributed by atoms with van der Waals surface area (Å²) in [6, 6.07) is 16.6. The lowest BCUT2D eigenvalue weighted by atomic mass is 10.2. The lowest BCUT2D eigenvalue weighted by molar-refractivity contribution is 0.102. The Balaban J connectivity index is 1.52. The molecule has 0 atom stereocenters. The van der Waals surface area contributed by atoms with E-state index in [9.17, 15) is 9.59 Å². The standard InChI is InChI=1S/C19H16ClN3O3/c20-14-5-3-13(4-6-14)18(24)22-15-7-9-16(10-8-15)23-19(25)21-12-17-2-1-11-26-17/h1-11H,12H2,(H,22,24)(H2,21,23,25). The van der Waals surface area contributed by atoms with Crippen molar-refractivity contribution < 1.29 is 14.0 Å². The van der Waals surface area contributed by atoms with Gasteiger partial charge in [0.1, 0.15) is 5.76 Å². The summed E-state index contributed by atoms with van der Waals surface area (Å²) in [7, 11) is 0. The molecule has 0 fully saturated rings. The fourth-order valence-corrected chi connectivity index (χ4v) is 2.32. The van der Waals surface area contributed by atoms with Crippen LogP contribution in [0.25, 0.3) is 0 Å². The van der Waals surface area contributed by atoms with Gasteiger partial charge in [-0.3, -0.25) is 4.79 Å². The van der Waals surface area contributed by atoms with Crippen molar-refractivity contribution in [2.24, 2.45) is 0 Å². The second-order valence-corrected chi connectivity index (χ2v) is 5.86. The summed E-state index contributed by atoms with van der Waals surface area (Å²) in [6.07, 6.45) is 1.55. The van der Waals surface area contributed by atoms with Gasteiger partial charge in [0.05, 0.1) is 12.8 Å². The molecule has 0 aliphatic rings. The molecular formula is C19H16ClN3O3. The number of carbonyl (C=O) groups excluding carboxylic acids is 2. The Labute approximate surface area is 155 Å². The van der Waals surface area contributed by atoms with Gasteiger partial charge in [0.15, 0.2) is 0 Å². The SMILES string of the molecule is O=C(NCc1ccco1)Nc1ccc(NC(=O)c2ccc(Cl)cc2)cc1. The first kappa shape index (κ1) is 17.6. The number of rotatable bonds is 5. The molecule has 26 heavy (non-hydrogen) atoms. The summed E-state index contributed by atoms with van der Waals surface area (Å²) in [5.41, 5.74) is 1.73. The van der Waals surface area contributed by atoms with Gasteiger partial charge in [-0.2, -0.15) is 0 Å². The third-order valence-electron chi connectivity index (χ3n) is 3.51. The number of anilines is 2. The first-order valence-corrected chi connectivity index (χ1v) is 8.22. The van der Waals surface area contributed by atoms with Gasteiger partial charge in [-0.15, -0.1) is 0 Å². The minimum Gasteiger partial charge on any atom is -0.467 e. The van der Waals surface area contributed by atoms with Gasteiger partial charge in [-0.25, -0.2) is 4.79 Å². The van der Waals surface area contributed by atoms with Crippen LogP contribution in [0.15, 0.2) is 71.3 Å². The number of halogens is 1. The minimum atomic E-state index is -0.348. The van der Waals surface area contributed by atoms with Crippen molar-refractivity contribution >= 4 is 34.9 Å². The lowest BCUT2D eigenvalue weighted by Crippen LogP contribution is -2.27. The van der Waals surface area contributed by atoms with Crippen molar-refractivity contribution in [3.8, 4) is 0 Å². The topological polar surface area (TPSA) is 83.4 Å². The largest absolute Gasteiger partial charge is 0.467 e. The summed E-state index contributed by atoms with van der Waals surface area (Å²) in [5.74, 6) is 0.430. The normalized spacial score (nSPS) is 10.2. The molecule has 0 bridgehead atoms. The van der Waals surface area contributed by atoms with Crippen molar-refractivity contribution in [3.63, 3.8) is 0 Å². The summed E-state index contributed by atoms with van der Waals surface area (Å²) >= 11 is 5.81. The fourth-order valence-electron chi connectivity index (χ4n) is 2.20. The lowest BCUT2D eigenvalue weighted by Gasteiger charge is -2.09. The molecule has 0 spiro atoms. The molecule has 0 saturated carbocycles. The van der Waals surface area contributed by atoms with E-state index >= 15 is 0 Å². The molecule has 3 amide bonds. The molecule has 3 N–H and O–H groups in total. The van der Waals surface area contributed by atoms with Gasteiger partial charge in [-0.1, -0.05) is 11.6 Å². The van der Waals surface area contributed by atoms with Crippen LogP contribution in [0.4, 0.5) is 16.2 Å². The number of urea groups is 1. The van der Waals surface area contributed by atoms with Crippen molar-refractivity contribution in [2.75, 3.05) is 10.6 Å². The van der Waals surface area contributed by atoms with Crippen LogP contribution in [-0.2, 0) is 6.54 Å². The molecule has 0 saturated heterocycles. The molecule has 0 aliphatic heterocycles. The Morgan fingerprint density at radius 1 is 0.885 bits per heavy atom. The number of benzene rings is 2. The first-order valence-electron chi connectivity index (χ1n) is 7.84. The Hall–Kier alpha value is -3.25. The van der Waals surface area contributed by atoms with Crippen LogP contribution in [0.1, 0.15) is 16.1 Å². The number of nitrogens with one attached hydrogen (secondary N) is 3. The predicted molar refractivity (Wildman–Crippen MR) is 100 cm³/mol. The van der Waals surface area contributed by atoms with Crippen LogP contribution in [0.2, 0.25) is 5.02 Å². The van der Waals surface area contributed by atoms with Crippen LogP contribution in [0.5, 0.6) is 0 Å². The predicted octanol–water partition coefficient (Wildman–Crippen LogP) is 4.51. The highest BCUT2D eigenvalue weighted by Gasteiger charge is 2.07. The van der Waals surface area contributed by atoms with Crippen molar-refractivity contribution in [2.45, 2.75) is 6.54 Å². The van der Waals surface area contributed by atoms with E-state index in [1.54, 1.807) is 66.9 Å². The van der Waals surface area contributed by atoms with E-state index in [-0.39, 0.29) is 11.9 Å². The molecule has 132 valence electrons. The first-order chi connectivity index (χ1) is 12.6. The van der Waals surface area contributed by atoms with E-state index in [0.717, 1.165) is 0 Å². The molecular weight excluding hydrogens is 354 g/mol. The number of furan rings is 1. The van der Waals surface area contributed by atoms with E-state index in [0.29, 0.717) is 34.3 Å². The van der Waals surface area contributed by atoms with Crippen LogP contribution in [0.3, 0.4) is 0 Å². The molecule has 0 unspecified atom stereocenters. The maximum atomic E-state index is 12.1. The molecule has 1 heterocycles. The number of hydrogen-bond donors (Lipinski definition) is 3. The van der Waals surface area contributed by atoms with E-state index in [2.05, 4.69) is 16.0 Å². The highest BCUT2D eigenvalue weighted by molar-refractivity contribution is 6.30. The Kier molecular flexibility index (Phi) is 5.56. The zero-order chi connectivity index (χ0) is 18.4. The Morgan fingerprint density at radius 3 is 2.15 bits per heavy atom.